The van der Waals surface area contributed by atoms with Crippen molar-refractivity contribution in [1.82, 2.24) is 0 Å². The quantitative estimate of drug-likeness (QED) is 0.664. The molecule has 0 spiro atoms. The van der Waals surface area contributed by atoms with Crippen molar-refractivity contribution in [3.05, 3.63) is 29.8 Å². The first-order chi connectivity index (χ1) is 6.21. The predicted molar refractivity (Wildman–Crippen MR) is 50.1 cm³/mol. The summed E-state index contributed by atoms with van der Waals surface area (Å²) in [7, 11) is 0. The van der Waals surface area contributed by atoms with Crippen LogP contribution in [0.3, 0.4) is 0 Å². The first kappa shape index (κ1) is 8.53. The van der Waals surface area contributed by atoms with Crippen molar-refractivity contribution in [2.75, 3.05) is 18.9 Å². The van der Waals surface area contributed by atoms with Crippen LogP contribution in [0.4, 0.5) is 5.69 Å². The largest absolute Gasteiger partial charge is 0.399 e. The van der Waals surface area contributed by atoms with Crippen LogP contribution < -0.4 is 5.73 Å². The zero-order chi connectivity index (χ0) is 9.31. The lowest BCUT2D eigenvalue weighted by Gasteiger charge is -2.22. The number of nitrogens with two attached hydrogens (primary N) is 1. The smallest absolute Gasteiger partial charge is 0.192 e. The Morgan fingerprint density at radius 2 is 1.69 bits per heavy atom. The third kappa shape index (κ3) is 1.53. The molecule has 3 nitrogen and oxygen atoms in total. The van der Waals surface area contributed by atoms with Gasteiger partial charge in [-0.25, -0.2) is 0 Å². The Morgan fingerprint density at radius 3 is 2.23 bits per heavy atom. The van der Waals surface area contributed by atoms with Crippen molar-refractivity contribution in [3.63, 3.8) is 0 Å². The highest BCUT2D eigenvalue weighted by Gasteiger charge is 2.32. The highest BCUT2D eigenvalue weighted by Crippen LogP contribution is 2.30. The molecule has 1 aliphatic rings. The number of rotatable bonds is 1. The van der Waals surface area contributed by atoms with E-state index in [0.717, 1.165) is 11.3 Å². The van der Waals surface area contributed by atoms with Gasteiger partial charge in [-0.15, -0.1) is 0 Å². The molecule has 1 aliphatic heterocycles. The van der Waals surface area contributed by atoms with E-state index in [1.54, 1.807) is 0 Å². The van der Waals surface area contributed by atoms with Crippen LogP contribution in [0.2, 0.25) is 0 Å². The van der Waals surface area contributed by atoms with E-state index in [1.807, 2.05) is 31.2 Å². The first-order valence-corrected chi connectivity index (χ1v) is 4.35. The summed E-state index contributed by atoms with van der Waals surface area (Å²) in [6, 6.07) is 7.57. The minimum atomic E-state index is -0.576. The summed E-state index contributed by atoms with van der Waals surface area (Å²) in [5.74, 6) is -0.576. The van der Waals surface area contributed by atoms with Crippen molar-refractivity contribution < 1.29 is 9.47 Å². The van der Waals surface area contributed by atoms with E-state index < -0.39 is 5.79 Å². The van der Waals surface area contributed by atoms with Gasteiger partial charge in [-0.1, -0.05) is 12.1 Å². The Kier molecular flexibility index (Phi) is 1.98. The Bertz CT molecular complexity index is 288. The highest BCUT2D eigenvalue weighted by molar-refractivity contribution is 5.40. The van der Waals surface area contributed by atoms with E-state index in [9.17, 15) is 0 Å². The second-order valence-corrected chi connectivity index (χ2v) is 3.26. The molecule has 3 heteroatoms. The number of hydrogen-bond acceptors (Lipinski definition) is 3. The minimum absolute atomic E-state index is 0.576. The van der Waals surface area contributed by atoms with Crippen molar-refractivity contribution >= 4 is 5.69 Å². The Labute approximate surface area is 77.5 Å². The van der Waals surface area contributed by atoms with E-state index in [1.165, 1.54) is 0 Å². The third-order valence-corrected chi connectivity index (χ3v) is 2.27. The van der Waals surface area contributed by atoms with Gasteiger partial charge in [0.25, 0.3) is 0 Å². The van der Waals surface area contributed by atoms with Gasteiger partial charge in [0.05, 0.1) is 13.2 Å². The number of ether oxygens (including phenoxy) is 2. The second-order valence-electron chi connectivity index (χ2n) is 3.26. The minimum Gasteiger partial charge on any atom is -0.399 e. The normalized spacial score (nSPS) is 20.4. The van der Waals surface area contributed by atoms with Crippen molar-refractivity contribution in [3.8, 4) is 0 Å². The summed E-state index contributed by atoms with van der Waals surface area (Å²) in [6.45, 7) is 3.23. The van der Waals surface area contributed by atoms with Gasteiger partial charge in [0.2, 0.25) is 0 Å². The lowest BCUT2D eigenvalue weighted by molar-refractivity contribution is -0.149. The van der Waals surface area contributed by atoms with Crippen LogP contribution in [0.5, 0.6) is 0 Å². The molecule has 1 saturated heterocycles. The molecule has 2 rings (SSSR count). The fourth-order valence-electron chi connectivity index (χ4n) is 1.47. The molecule has 0 saturated carbocycles. The van der Waals surface area contributed by atoms with Gasteiger partial charge < -0.3 is 15.2 Å². The van der Waals surface area contributed by atoms with Gasteiger partial charge in [0, 0.05) is 11.3 Å². The fourth-order valence-corrected chi connectivity index (χ4v) is 1.47. The predicted octanol–water partition coefficient (Wildman–Crippen LogP) is 1.49. The summed E-state index contributed by atoms with van der Waals surface area (Å²) in [6.07, 6.45) is 0. The van der Waals surface area contributed by atoms with Gasteiger partial charge in [-0.2, -0.15) is 0 Å². The standard InChI is InChI=1S/C10H13NO2/c1-10(12-6-7-13-10)8-2-4-9(11)5-3-8/h2-5H,6-7,11H2,1H3. The summed E-state index contributed by atoms with van der Waals surface area (Å²) in [4.78, 5) is 0. The van der Waals surface area contributed by atoms with Crippen molar-refractivity contribution in [2.24, 2.45) is 0 Å². The number of nitrogen functional groups attached to an aromatic ring is 1. The third-order valence-electron chi connectivity index (χ3n) is 2.27. The summed E-state index contributed by atoms with van der Waals surface area (Å²) >= 11 is 0. The molecule has 0 unspecified atom stereocenters. The zero-order valence-electron chi connectivity index (χ0n) is 7.62. The molecular formula is C10H13NO2. The van der Waals surface area contributed by atoms with Crippen LogP contribution in [0.25, 0.3) is 0 Å². The maximum Gasteiger partial charge on any atom is 0.192 e. The average molecular weight is 179 g/mol. The van der Waals surface area contributed by atoms with E-state index in [2.05, 4.69) is 0 Å². The lowest BCUT2D eigenvalue weighted by Crippen LogP contribution is -2.22. The summed E-state index contributed by atoms with van der Waals surface area (Å²) in [5, 5.41) is 0. The Hall–Kier alpha value is -1.06. The van der Waals surface area contributed by atoms with Gasteiger partial charge in [-0.3, -0.25) is 0 Å². The maximum atomic E-state index is 5.59. The molecule has 2 N–H and O–H groups in total. The molecule has 0 atom stereocenters. The average Bonchev–Trinajstić information content (AvgIpc) is 2.54. The molecule has 70 valence electrons. The number of hydrogen-bond donors (Lipinski definition) is 1. The van der Waals surface area contributed by atoms with Crippen LogP contribution in [0.15, 0.2) is 24.3 Å². The van der Waals surface area contributed by atoms with E-state index >= 15 is 0 Å². The maximum absolute atomic E-state index is 5.59. The van der Waals surface area contributed by atoms with Crippen molar-refractivity contribution in [1.29, 1.82) is 0 Å². The SMILES string of the molecule is CC1(c2ccc(N)cc2)OCCO1. The Balaban J connectivity index is 2.29. The molecule has 13 heavy (non-hydrogen) atoms. The van der Waals surface area contributed by atoms with Crippen LogP contribution in [0, 0.1) is 0 Å². The van der Waals surface area contributed by atoms with Crippen molar-refractivity contribution in [2.45, 2.75) is 12.7 Å². The second kappa shape index (κ2) is 3.01. The monoisotopic (exact) mass is 179 g/mol. The zero-order valence-corrected chi connectivity index (χ0v) is 7.62. The highest BCUT2D eigenvalue weighted by atomic mass is 16.7. The molecule has 1 aromatic carbocycles. The van der Waals surface area contributed by atoms with Gasteiger partial charge in [0.15, 0.2) is 5.79 Å². The summed E-state index contributed by atoms with van der Waals surface area (Å²) in [5.41, 5.74) is 7.35. The molecule has 0 bridgehead atoms. The lowest BCUT2D eigenvalue weighted by atomic mass is 10.1. The number of benzene rings is 1. The molecule has 1 aromatic rings. The molecule has 0 aromatic heterocycles. The molecule has 1 heterocycles. The molecule has 0 radical (unpaired) electrons. The number of anilines is 1. The molecular weight excluding hydrogens is 166 g/mol. The Morgan fingerprint density at radius 1 is 1.15 bits per heavy atom. The molecule has 0 amide bonds. The molecule has 0 aliphatic carbocycles. The van der Waals surface area contributed by atoms with Gasteiger partial charge >= 0.3 is 0 Å². The van der Waals surface area contributed by atoms with E-state index in [-0.39, 0.29) is 0 Å². The van der Waals surface area contributed by atoms with Crippen LogP contribution in [-0.4, -0.2) is 13.2 Å². The van der Waals surface area contributed by atoms with Gasteiger partial charge in [0.1, 0.15) is 0 Å². The molecule has 1 fully saturated rings. The first-order valence-electron chi connectivity index (χ1n) is 4.35. The van der Waals surface area contributed by atoms with E-state index in [0.29, 0.717) is 13.2 Å². The van der Waals surface area contributed by atoms with Gasteiger partial charge in [-0.05, 0) is 19.1 Å². The van der Waals surface area contributed by atoms with Crippen LogP contribution in [-0.2, 0) is 15.3 Å². The van der Waals surface area contributed by atoms with Crippen LogP contribution >= 0.6 is 0 Å². The van der Waals surface area contributed by atoms with Crippen LogP contribution in [0.1, 0.15) is 12.5 Å². The topological polar surface area (TPSA) is 44.5 Å². The fraction of sp³-hybridized carbons (Fsp3) is 0.400. The van der Waals surface area contributed by atoms with E-state index in [4.69, 9.17) is 15.2 Å². The summed E-state index contributed by atoms with van der Waals surface area (Å²) < 4.78 is 11.0.